The first kappa shape index (κ1) is 11.0. The second-order valence-electron chi connectivity index (χ2n) is 4.53. The highest BCUT2D eigenvalue weighted by Crippen LogP contribution is 2.24. The molecule has 2 heterocycles. The molecule has 0 saturated carbocycles. The van der Waals surface area contributed by atoms with Crippen LogP contribution < -0.4 is 4.90 Å². The Bertz CT molecular complexity index is 588. The highest BCUT2D eigenvalue weighted by molar-refractivity contribution is 5.99. The monoisotopic (exact) mass is 241 g/mol. The average Bonchev–Trinajstić information content (AvgIpc) is 2.85. The summed E-state index contributed by atoms with van der Waals surface area (Å²) >= 11 is 0. The Hall–Kier alpha value is -2.10. The highest BCUT2D eigenvalue weighted by atomic mass is 16.1. The Morgan fingerprint density at radius 2 is 2.11 bits per heavy atom. The van der Waals surface area contributed by atoms with Crippen LogP contribution in [0.25, 0.3) is 0 Å². The van der Waals surface area contributed by atoms with Gasteiger partial charge in [-0.05, 0) is 19.1 Å². The molecule has 3 rings (SSSR count). The largest absolute Gasteiger partial charge is 0.362 e. The Morgan fingerprint density at radius 3 is 2.94 bits per heavy atom. The minimum atomic E-state index is 0.111. The third-order valence-corrected chi connectivity index (χ3v) is 3.37. The number of benzene rings is 1. The molecule has 1 aromatic heterocycles. The topological polar surface area (TPSA) is 38.1 Å². The number of imidazole rings is 1. The molecule has 0 amide bonds. The first-order chi connectivity index (χ1) is 8.75. The molecule has 1 aliphatic heterocycles. The third-order valence-electron chi connectivity index (χ3n) is 3.37. The predicted octanol–water partition coefficient (Wildman–Crippen LogP) is 2.11. The maximum atomic E-state index is 11.7. The van der Waals surface area contributed by atoms with E-state index in [1.54, 1.807) is 6.92 Å². The number of hydrogen-bond donors (Lipinski definition) is 0. The van der Waals surface area contributed by atoms with Crippen LogP contribution in [-0.4, -0.2) is 21.9 Å². The number of Topliss-reactive ketones (excluding diaryl/α,β-unsaturated/α-hetero) is 1. The molecule has 1 aromatic carbocycles. The average molecular weight is 241 g/mol. The van der Waals surface area contributed by atoms with E-state index in [9.17, 15) is 4.79 Å². The summed E-state index contributed by atoms with van der Waals surface area (Å²) in [4.78, 5) is 18.2. The lowest BCUT2D eigenvalue weighted by molar-refractivity contribution is 0.101. The van der Waals surface area contributed by atoms with Crippen molar-refractivity contribution in [2.75, 3.05) is 11.4 Å². The second kappa shape index (κ2) is 4.29. The molecule has 0 radical (unpaired) electrons. The molecule has 4 heteroatoms. The fourth-order valence-electron chi connectivity index (χ4n) is 2.43. The van der Waals surface area contributed by atoms with E-state index in [0.717, 1.165) is 36.7 Å². The van der Waals surface area contributed by atoms with Gasteiger partial charge in [-0.3, -0.25) is 4.79 Å². The van der Waals surface area contributed by atoms with Crippen molar-refractivity contribution in [1.29, 1.82) is 0 Å². The summed E-state index contributed by atoms with van der Waals surface area (Å²) in [5.74, 6) is 1.17. The summed E-state index contributed by atoms with van der Waals surface area (Å²) in [6, 6.07) is 7.78. The van der Waals surface area contributed by atoms with E-state index >= 15 is 0 Å². The summed E-state index contributed by atoms with van der Waals surface area (Å²) < 4.78 is 2.16. The lowest BCUT2D eigenvalue weighted by Gasteiger charge is -2.30. The summed E-state index contributed by atoms with van der Waals surface area (Å²) in [5.41, 5.74) is 1.80. The smallest absolute Gasteiger partial charge is 0.161 e. The second-order valence-corrected chi connectivity index (χ2v) is 4.53. The Balaban J connectivity index is 1.95. The standard InChI is InChI=1S/C14H15N3O/c1-11(18)12-4-2-3-5-13(12)17-9-8-16-7-6-15-14(16)10-17/h2-7H,8-10H2,1H3. The van der Waals surface area contributed by atoms with Crippen LogP contribution >= 0.6 is 0 Å². The number of carbonyl (C=O) groups excluding carboxylic acids is 1. The Labute approximate surface area is 106 Å². The van der Waals surface area contributed by atoms with Crippen molar-refractivity contribution >= 4 is 11.5 Å². The van der Waals surface area contributed by atoms with Gasteiger partial charge in [0.05, 0.1) is 6.54 Å². The molecule has 0 bridgehead atoms. The van der Waals surface area contributed by atoms with Crippen molar-refractivity contribution in [3.63, 3.8) is 0 Å². The number of carbonyl (C=O) groups is 1. The zero-order valence-corrected chi connectivity index (χ0v) is 10.3. The van der Waals surface area contributed by atoms with Crippen molar-refractivity contribution in [2.24, 2.45) is 0 Å². The van der Waals surface area contributed by atoms with Crippen LogP contribution in [0.4, 0.5) is 5.69 Å². The van der Waals surface area contributed by atoms with Crippen LogP contribution in [0.5, 0.6) is 0 Å². The molecule has 0 fully saturated rings. The SMILES string of the molecule is CC(=O)c1ccccc1N1CCn2ccnc2C1. The zero-order valence-electron chi connectivity index (χ0n) is 10.3. The molecule has 18 heavy (non-hydrogen) atoms. The quantitative estimate of drug-likeness (QED) is 0.756. The van der Waals surface area contributed by atoms with Gasteiger partial charge in [-0.1, -0.05) is 12.1 Å². The maximum Gasteiger partial charge on any atom is 0.161 e. The van der Waals surface area contributed by atoms with Gasteiger partial charge in [0.2, 0.25) is 0 Å². The van der Waals surface area contributed by atoms with Gasteiger partial charge < -0.3 is 9.47 Å². The molecule has 0 aliphatic carbocycles. The van der Waals surface area contributed by atoms with Crippen molar-refractivity contribution in [3.05, 3.63) is 48.0 Å². The fourth-order valence-corrected chi connectivity index (χ4v) is 2.43. The number of hydrogen-bond acceptors (Lipinski definition) is 3. The van der Waals surface area contributed by atoms with Gasteiger partial charge >= 0.3 is 0 Å². The van der Waals surface area contributed by atoms with Crippen molar-refractivity contribution in [2.45, 2.75) is 20.0 Å². The van der Waals surface area contributed by atoms with Gasteiger partial charge in [0.15, 0.2) is 5.78 Å². The van der Waals surface area contributed by atoms with E-state index in [1.165, 1.54) is 0 Å². The van der Waals surface area contributed by atoms with Gasteiger partial charge in [-0.2, -0.15) is 0 Å². The minimum absolute atomic E-state index is 0.111. The Kier molecular flexibility index (Phi) is 2.63. The molecular formula is C14H15N3O. The van der Waals surface area contributed by atoms with Crippen LogP contribution in [-0.2, 0) is 13.1 Å². The van der Waals surface area contributed by atoms with Gasteiger partial charge in [0.25, 0.3) is 0 Å². The third kappa shape index (κ3) is 1.79. The fraction of sp³-hybridized carbons (Fsp3) is 0.286. The molecule has 0 spiro atoms. The molecule has 4 nitrogen and oxygen atoms in total. The lowest BCUT2D eigenvalue weighted by atomic mass is 10.1. The van der Waals surface area contributed by atoms with Crippen LogP contribution in [0.3, 0.4) is 0 Å². The molecule has 0 saturated heterocycles. The number of rotatable bonds is 2. The van der Waals surface area contributed by atoms with Crippen molar-refractivity contribution in [1.82, 2.24) is 9.55 Å². The zero-order chi connectivity index (χ0) is 12.5. The molecule has 0 unspecified atom stereocenters. The highest BCUT2D eigenvalue weighted by Gasteiger charge is 2.19. The Morgan fingerprint density at radius 1 is 1.28 bits per heavy atom. The van der Waals surface area contributed by atoms with Gasteiger partial charge in [0, 0.05) is 36.7 Å². The van der Waals surface area contributed by atoms with E-state index in [1.807, 2.05) is 36.7 Å². The molecule has 0 atom stereocenters. The van der Waals surface area contributed by atoms with E-state index < -0.39 is 0 Å². The van der Waals surface area contributed by atoms with Crippen LogP contribution in [0.1, 0.15) is 23.1 Å². The summed E-state index contributed by atoms with van der Waals surface area (Å²) in [7, 11) is 0. The van der Waals surface area contributed by atoms with E-state index in [0.29, 0.717) is 0 Å². The van der Waals surface area contributed by atoms with Gasteiger partial charge in [-0.25, -0.2) is 4.98 Å². The summed E-state index contributed by atoms with van der Waals surface area (Å²) in [6.45, 7) is 4.20. The predicted molar refractivity (Wildman–Crippen MR) is 69.7 cm³/mol. The summed E-state index contributed by atoms with van der Waals surface area (Å²) in [6.07, 6.45) is 3.83. The van der Waals surface area contributed by atoms with Crippen LogP contribution in [0.2, 0.25) is 0 Å². The van der Waals surface area contributed by atoms with Crippen LogP contribution in [0.15, 0.2) is 36.7 Å². The molecule has 0 N–H and O–H groups in total. The molecule has 2 aromatic rings. The number of fused-ring (bicyclic) bond motifs is 1. The number of anilines is 1. The minimum Gasteiger partial charge on any atom is -0.362 e. The first-order valence-electron chi connectivity index (χ1n) is 6.10. The number of nitrogens with zero attached hydrogens (tertiary/aromatic N) is 3. The van der Waals surface area contributed by atoms with Crippen molar-refractivity contribution < 1.29 is 4.79 Å². The molecular weight excluding hydrogens is 226 g/mol. The lowest BCUT2D eigenvalue weighted by Crippen LogP contribution is -2.34. The van der Waals surface area contributed by atoms with Gasteiger partial charge in [-0.15, -0.1) is 0 Å². The van der Waals surface area contributed by atoms with E-state index in [2.05, 4.69) is 14.5 Å². The maximum absolute atomic E-state index is 11.7. The van der Waals surface area contributed by atoms with E-state index in [-0.39, 0.29) is 5.78 Å². The van der Waals surface area contributed by atoms with Gasteiger partial charge in [0.1, 0.15) is 5.82 Å². The van der Waals surface area contributed by atoms with Crippen molar-refractivity contribution in [3.8, 4) is 0 Å². The number of para-hydroxylation sites is 1. The first-order valence-corrected chi connectivity index (χ1v) is 6.10. The molecule has 92 valence electrons. The van der Waals surface area contributed by atoms with E-state index in [4.69, 9.17) is 0 Å². The number of aromatic nitrogens is 2. The summed E-state index contributed by atoms with van der Waals surface area (Å²) in [5, 5.41) is 0. The normalized spacial score (nSPS) is 14.4. The number of ketones is 1. The molecule has 1 aliphatic rings. The van der Waals surface area contributed by atoms with Crippen LogP contribution in [0, 0.1) is 0 Å².